The van der Waals surface area contributed by atoms with E-state index in [1.165, 1.54) is 0 Å². The van der Waals surface area contributed by atoms with E-state index < -0.39 is 0 Å². The summed E-state index contributed by atoms with van der Waals surface area (Å²) in [6.45, 7) is 2.25. The van der Waals surface area contributed by atoms with Crippen molar-refractivity contribution >= 4 is 28.3 Å². The number of rotatable bonds is 1. The molecule has 0 aromatic heterocycles. The standard InChI is InChI=1S/C10H19NOS2/c1-7-4-5-8(12)9(6-7)14-10(13)11(2)3/h7-9,12H,4-6H2,1-3H3/t7-,8-,9-/m0/s1. The molecule has 0 spiro atoms. The van der Waals surface area contributed by atoms with Crippen molar-refractivity contribution in [1.29, 1.82) is 0 Å². The maximum atomic E-state index is 9.82. The molecule has 0 amide bonds. The first kappa shape index (κ1) is 12.3. The zero-order chi connectivity index (χ0) is 10.7. The second-order valence-electron chi connectivity index (χ2n) is 4.30. The third-order valence-electron chi connectivity index (χ3n) is 2.64. The van der Waals surface area contributed by atoms with Crippen LogP contribution in [0.2, 0.25) is 0 Å². The lowest BCUT2D eigenvalue weighted by Crippen LogP contribution is -2.33. The second-order valence-corrected chi connectivity index (χ2v) is 6.18. The van der Waals surface area contributed by atoms with Crippen molar-refractivity contribution in [2.24, 2.45) is 5.92 Å². The normalized spacial score (nSPS) is 32.7. The van der Waals surface area contributed by atoms with Gasteiger partial charge in [-0.15, -0.1) is 0 Å². The van der Waals surface area contributed by atoms with Crippen molar-refractivity contribution in [2.75, 3.05) is 14.1 Å². The molecule has 82 valence electrons. The van der Waals surface area contributed by atoms with Crippen LogP contribution in [-0.2, 0) is 0 Å². The van der Waals surface area contributed by atoms with E-state index in [2.05, 4.69) is 6.92 Å². The number of thiocarbonyl (C=S) groups is 1. The number of aliphatic hydroxyl groups is 1. The number of thioether (sulfide) groups is 1. The predicted octanol–water partition coefficient (Wildman–Crippen LogP) is 2.12. The average molecular weight is 233 g/mol. The molecule has 1 N–H and O–H groups in total. The van der Waals surface area contributed by atoms with E-state index in [1.807, 2.05) is 19.0 Å². The van der Waals surface area contributed by atoms with Crippen LogP contribution in [0.4, 0.5) is 0 Å². The molecule has 0 heterocycles. The van der Waals surface area contributed by atoms with Gasteiger partial charge in [0.1, 0.15) is 4.32 Å². The Kier molecular flexibility index (Phi) is 4.67. The molecule has 0 unspecified atom stereocenters. The summed E-state index contributed by atoms with van der Waals surface area (Å²) in [7, 11) is 3.90. The number of hydrogen-bond donors (Lipinski definition) is 1. The molecule has 0 bridgehead atoms. The van der Waals surface area contributed by atoms with Gasteiger partial charge in [-0.2, -0.15) is 0 Å². The topological polar surface area (TPSA) is 23.5 Å². The molecule has 0 radical (unpaired) electrons. The molecule has 3 atom stereocenters. The average Bonchev–Trinajstić information content (AvgIpc) is 2.11. The third-order valence-corrected chi connectivity index (χ3v) is 4.67. The molecule has 2 nitrogen and oxygen atoms in total. The van der Waals surface area contributed by atoms with Gasteiger partial charge in [-0.3, -0.25) is 0 Å². The lowest BCUT2D eigenvalue weighted by Gasteiger charge is -2.32. The Morgan fingerprint density at radius 3 is 2.64 bits per heavy atom. The van der Waals surface area contributed by atoms with Crippen molar-refractivity contribution in [3.63, 3.8) is 0 Å². The van der Waals surface area contributed by atoms with E-state index in [-0.39, 0.29) is 6.10 Å². The fourth-order valence-corrected chi connectivity index (χ4v) is 3.23. The molecule has 0 aliphatic heterocycles. The van der Waals surface area contributed by atoms with Crippen molar-refractivity contribution < 1.29 is 5.11 Å². The largest absolute Gasteiger partial charge is 0.392 e. The highest BCUT2D eigenvalue weighted by Gasteiger charge is 2.28. The fourth-order valence-electron chi connectivity index (χ4n) is 1.67. The van der Waals surface area contributed by atoms with Crippen LogP contribution in [0.3, 0.4) is 0 Å². The van der Waals surface area contributed by atoms with Crippen molar-refractivity contribution in [2.45, 2.75) is 37.5 Å². The maximum absolute atomic E-state index is 9.82. The number of hydrogen-bond acceptors (Lipinski definition) is 3. The Morgan fingerprint density at radius 1 is 1.43 bits per heavy atom. The zero-order valence-electron chi connectivity index (χ0n) is 9.06. The summed E-state index contributed by atoms with van der Waals surface area (Å²) in [4.78, 5) is 1.94. The molecule has 1 aliphatic carbocycles. The molecular weight excluding hydrogens is 214 g/mol. The van der Waals surface area contributed by atoms with Crippen LogP contribution in [-0.4, -0.2) is 39.8 Å². The zero-order valence-corrected chi connectivity index (χ0v) is 10.7. The summed E-state index contributed by atoms with van der Waals surface area (Å²) in [6, 6.07) is 0. The van der Waals surface area contributed by atoms with Gasteiger partial charge in [-0.1, -0.05) is 30.9 Å². The Hall–Kier alpha value is 0.200. The molecule has 1 saturated carbocycles. The van der Waals surface area contributed by atoms with E-state index >= 15 is 0 Å². The Labute approximate surface area is 96.1 Å². The van der Waals surface area contributed by atoms with Crippen molar-refractivity contribution in [3.05, 3.63) is 0 Å². The van der Waals surface area contributed by atoms with Crippen LogP contribution in [0.15, 0.2) is 0 Å². The Balaban J connectivity index is 2.45. The smallest absolute Gasteiger partial charge is 0.136 e. The number of nitrogens with zero attached hydrogens (tertiary/aromatic N) is 1. The van der Waals surface area contributed by atoms with E-state index in [0.29, 0.717) is 5.25 Å². The van der Waals surface area contributed by atoms with Gasteiger partial charge in [-0.25, -0.2) is 0 Å². The fraction of sp³-hybridized carbons (Fsp3) is 0.900. The Bertz CT molecular complexity index is 208. The first-order chi connectivity index (χ1) is 6.50. The van der Waals surface area contributed by atoms with E-state index in [1.54, 1.807) is 11.8 Å². The minimum absolute atomic E-state index is 0.172. The van der Waals surface area contributed by atoms with E-state index in [4.69, 9.17) is 12.2 Å². The highest BCUT2D eigenvalue weighted by Crippen LogP contribution is 2.33. The Morgan fingerprint density at radius 2 is 2.07 bits per heavy atom. The summed E-state index contributed by atoms with van der Waals surface area (Å²) in [5.74, 6) is 0.723. The van der Waals surface area contributed by atoms with Crippen LogP contribution in [0, 0.1) is 5.92 Å². The van der Waals surface area contributed by atoms with Gasteiger partial charge in [0, 0.05) is 19.3 Å². The molecule has 14 heavy (non-hydrogen) atoms. The van der Waals surface area contributed by atoms with Gasteiger partial charge in [0.05, 0.1) is 6.10 Å². The molecule has 4 heteroatoms. The minimum Gasteiger partial charge on any atom is -0.392 e. The van der Waals surface area contributed by atoms with Crippen molar-refractivity contribution in [3.8, 4) is 0 Å². The molecular formula is C10H19NOS2. The molecule has 1 aliphatic rings. The van der Waals surface area contributed by atoms with Gasteiger partial charge in [0.2, 0.25) is 0 Å². The van der Waals surface area contributed by atoms with Crippen LogP contribution in [0.25, 0.3) is 0 Å². The third kappa shape index (κ3) is 3.41. The highest BCUT2D eigenvalue weighted by atomic mass is 32.2. The lowest BCUT2D eigenvalue weighted by molar-refractivity contribution is 0.120. The lowest BCUT2D eigenvalue weighted by atomic mass is 9.88. The summed E-state index contributed by atoms with van der Waals surface area (Å²) in [5, 5.41) is 10.1. The summed E-state index contributed by atoms with van der Waals surface area (Å²) < 4.78 is 0.878. The first-order valence-electron chi connectivity index (χ1n) is 5.06. The summed E-state index contributed by atoms with van der Waals surface area (Å²) in [5.41, 5.74) is 0. The molecule has 1 fully saturated rings. The predicted molar refractivity (Wildman–Crippen MR) is 66.7 cm³/mol. The second kappa shape index (κ2) is 5.33. The monoisotopic (exact) mass is 233 g/mol. The van der Waals surface area contributed by atoms with Gasteiger partial charge in [0.15, 0.2) is 0 Å². The van der Waals surface area contributed by atoms with E-state index in [0.717, 1.165) is 29.5 Å². The van der Waals surface area contributed by atoms with Crippen LogP contribution in [0.5, 0.6) is 0 Å². The SMILES string of the molecule is C[C@H]1CC[C@H](O)[C@@H](SC(=S)N(C)C)C1. The van der Waals surface area contributed by atoms with Gasteiger partial charge in [0.25, 0.3) is 0 Å². The molecule has 0 saturated heterocycles. The quantitative estimate of drug-likeness (QED) is 0.701. The summed E-state index contributed by atoms with van der Waals surface area (Å²) in [6.07, 6.45) is 2.98. The highest BCUT2D eigenvalue weighted by molar-refractivity contribution is 8.23. The molecule has 0 aromatic carbocycles. The molecule has 0 aromatic rings. The van der Waals surface area contributed by atoms with Gasteiger partial charge < -0.3 is 10.0 Å². The number of aliphatic hydroxyl groups excluding tert-OH is 1. The summed E-state index contributed by atoms with van der Waals surface area (Å²) >= 11 is 6.88. The van der Waals surface area contributed by atoms with Gasteiger partial charge >= 0.3 is 0 Å². The molecule has 1 rings (SSSR count). The first-order valence-corrected chi connectivity index (χ1v) is 6.35. The van der Waals surface area contributed by atoms with Gasteiger partial charge in [-0.05, 0) is 25.2 Å². The van der Waals surface area contributed by atoms with Crippen LogP contribution < -0.4 is 0 Å². The minimum atomic E-state index is -0.172. The van der Waals surface area contributed by atoms with Crippen molar-refractivity contribution in [1.82, 2.24) is 4.90 Å². The van der Waals surface area contributed by atoms with Crippen LogP contribution >= 0.6 is 24.0 Å². The van der Waals surface area contributed by atoms with E-state index in [9.17, 15) is 5.11 Å². The maximum Gasteiger partial charge on any atom is 0.136 e. The van der Waals surface area contributed by atoms with Crippen LogP contribution in [0.1, 0.15) is 26.2 Å².